The van der Waals surface area contributed by atoms with E-state index in [-0.39, 0.29) is 0 Å². The number of hydrogen-bond acceptors (Lipinski definition) is 5. The van der Waals surface area contributed by atoms with E-state index in [1.807, 2.05) is 18.3 Å². The van der Waals surface area contributed by atoms with Gasteiger partial charge in [0.15, 0.2) is 5.96 Å². The lowest BCUT2D eigenvalue weighted by molar-refractivity contribution is 0.648. The number of aromatic nitrogens is 2. The molecule has 2 aliphatic rings. The normalized spacial score (nSPS) is 19.7. The largest absolute Gasteiger partial charge is 0.357 e. The lowest BCUT2D eigenvalue weighted by Crippen LogP contribution is -2.44. The van der Waals surface area contributed by atoms with Gasteiger partial charge in [-0.2, -0.15) is 0 Å². The third-order valence-electron chi connectivity index (χ3n) is 5.49. The molecule has 0 spiro atoms. The minimum absolute atomic E-state index is 0.303. The van der Waals surface area contributed by atoms with Gasteiger partial charge in [0, 0.05) is 58.2 Å². The van der Waals surface area contributed by atoms with Crippen LogP contribution in [0.25, 0.3) is 0 Å². The lowest BCUT2D eigenvalue weighted by atomic mass is 10.2. The highest BCUT2D eigenvalue weighted by atomic mass is 35.5. The Kier molecular flexibility index (Phi) is 6.34. The van der Waals surface area contributed by atoms with E-state index in [9.17, 15) is 0 Å². The molecule has 2 saturated heterocycles. The van der Waals surface area contributed by atoms with Gasteiger partial charge in [0.2, 0.25) is 0 Å². The van der Waals surface area contributed by atoms with E-state index < -0.39 is 0 Å². The van der Waals surface area contributed by atoms with Crippen LogP contribution in [0.4, 0.5) is 11.6 Å². The molecule has 0 amide bonds. The Balaban J connectivity index is 1.30. The molecule has 0 radical (unpaired) electrons. The van der Waals surface area contributed by atoms with Gasteiger partial charge in [0.25, 0.3) is 0 Å². The maximum absolute atomic E-state index is 6.29. The van der Waals surface area contributed by atoms with Crippen LogP contribution < -0.4 is 20.4 Å². The number of nitrogens with one attached hydrogen (secondary N) is 2. The molecular weight excluding hydrogens is 386 g/mol. The Morgan fingerprint density at radius 3 is 2.83 bits per heavy atom. The smallest absolute Gasteiger partial charge is 0.191 e. The summed E-state index contributed by atoms with van der Waals surface area (Å²) >= 11 is 6.29. The molecule has 0 aliphatic carbocycles. The van der Waals surface area contributed by atoms with Crippen LogP contribution in [0, 0.1) is 0 Å². The minimum Gasteiger partial charge on any atom is -0.357 e. The van der Waals surface area contributed by atoms with E-state index in [1.54, 1.807) is 13.2 Å². The second-order valence-corrected chi connectivity index (χ2v) is 7.93. The Hall–Kier alpha value is -2.54. The highest BCUT2D eigenvalue weighted by Gasteiger charge is 2.25. The molecule has 1 atom stereocenters. The first-order valence-corrected chi connectivity index (χ1v) is 10.6. The molecule has 154 valence electrons. The van der Waals surface area contributed by atoms with E-state index in [1.165, 1.54) is 18.4 Å². The minimum atomic E-state index is 0.303. The van der Waals surface area contributed by atoms with Gasteiger partial charge < -0.3 is 20.4 Å². The molecule has 8 heteroatoms. The summed E-state index contributed by atoms with van der Waals surface area (Å²) in [4.78, 5) is 17.9. The van der Waals surface area contributed by atoms with E-state index in [0.29, 0.717) is 17.6 Å². The van der Waals surface area contributed by atoms with E-state index in [2.05, 4.69) is 47.5 Å². The van der Waals surface area contributed by atoms with Gasteiger partial charge in [-0.3, -0.25) is 4.99 Å². The first-order chi connectivity index (χ1) is 14.2. The Bertz CT molecular complexity index is 850. The van der Waals surface area contributed by atoms with Gasteiger partial charge >= 0.3 is 0 Å². The zero-order chi connectivity index (χ0) is 20.1. The molecule has 7 nitrogen and oxygen atoms in total. The molecule has 2 aromatic rings. The van der Waals surface area contributed by atoms with Crippen LogP contribution in [0.1, 0.15) is 24.8 Å². The maximum atomic E-state index is 6.29. The van der Waals surface area contributed by atoms with Crippen LogP contribution in [0.3, 0.4) is 0 Å². The molecule has 2 fully saturated rings. The summed E-state index contributed by atoms with van der Waals surface area (Å²) in [6, 6.07) is 8.27. The molecule has 4 rings (SSSR count). The SMILES string of the molecule is CN=C(NCc1ccnc(N2CCCC2)c1)NC1CCN(c2ncccc2Cl)C1. The average Bonchev–Trinajstić information content (AvgIpc) is 3.44. The molecule has 1 unspecified atom stereocenters. The van der Waals surface area contributed by atoms with Gasteiger partial charge in [-0.1, -0.05) is 11.6 Å². The number of pyridine rings is 2. The Morgan fingerprint density at radius 2 is 2.03 bits per heavy atom. The van der Waals surface area contributed by atoms with Crippen molar-refractivity contribution in [2.75, 3.05) is 43.0 Å². The summed E-state index contributed by atoms with van der Waals surface area (Å²) in [5.74, 6) is 2.74. The molecule has 0 saturated carbocycles. The van der Waals surface area contributed by atoms with Crippen molar-refractivity contribution >= 4 is 29.2 Å². The molecule has 2 N–H and O–H groups in total. The summed E-state index contributed by atoms with van der Waals surface area (Å²) in [7, 11) is 1.81. The van der Waals surface area contributed by atoms with Crippen LogP contribution >= 0.6 is 11.6 Å². The fraction of sp³-hybridized carbons (Fsp3) is 0.476. The van der Waals surface area contributed by atoms with Crippen LogP contribution in [-0.2, 0) is 6.54 Å². The van der Waals surface area contributed by atoms with Crippen LogP contribution in [0.15, 0.2) is 41.7 Å². The van der Waals surface area contributed by atoms with Gasteiger partial charge in [0.05, 0.1) is 5.02 Å². The second kappa shape index (κ2) is 9.31. The summed E-state index contributed by atoms with van der Waals surface area (Å²) in [5, 5.41) is 7.65. The number of guanidine groups is 1. The Morgan fingerprint density at radius 1 is 1.17 bits per heavy atom. The fourth-order valence-corrected chi connectivity index (χ4v) is 4.19. The summed E-state index contributed by atoms with van der Waals surface area (Å²) in [6.07, 6.45) is 7.20. The van der Waals surface area contributed by atoms with Crippen molar-refractivity contribution < 1.29 is 0 Å². The topological polar surface area (TPSA) is 68.7 Å². The predicted molar refractivity (Wildman–Crippen MR) is 119 cm³/mol. The van der Waals surface area contributed by atoms with Crippen molar-refractivity contribution in [1.82, 2.24) is 20.6 Å². The van der Waals surface area contributed by atoms with Crippen LogP contribution in [0.5, 0.6) is 0 Å². The zero-order valence-corrected chi connectivity index (χ0v) is 17.6. The highest BCUT2D eigenvalue weighted by molar-refractivity contribution is 6.32. The molecule has 29 heavy (non-hydrogen) atoms. The monoisotopic (exact) mass is 413 g/mol. The zero-order valence-electron chi connectivity index (χ0n) is 16.8. The standard InChI is InChI=1S/C21H28ClN7/c1-23-21(26-14-16-6-9-24-19(13-16)28-10-2-3-11-28)27-17-7-12-29(15-17)20-18(22)5-4-8-25-20/h4-6,8-9,13,17H,2-3,7,10-12,14-15H2,1H3,(H2,23,26,27). The Labute approximate surface area is 177 Å². The summed E-state index contributed by atoms with van der Waals surface area (Å²) < 4.78 is 0. The molecular formula is C21H28ClN7. The lowest BCUT2D eigenvalue weighted by Gasteiger charge is -2.20. The van der Waals surface area contributed by atoms with Crippen molar-refractivity contribution in [3.63, 3.8) is 0 Å². The van der Waals surface area contributed by atoms with Crippen molar-refractivity contribution in [2.45, 2.75) is 31.8 Å². The molecule has 0 aromatic carbocycles. The van der Waals surface area contributed by atoms with Crippen molar-refractivity contribution in [1.29, 1.82) is 0 Å². The van der Waals surface area contributed by atoms with E-state index in [4.69, 9.17) is 11.6 Å². The summed E-state index contributed by atoms with van der Waals surface area (Å²) in [5.41, 5.74) is 1.21. The predicted octanol–water partition coefficient (Wildman–Crippen LogP) is 2.67. The number of aliphatic imine (C=N–C) groups is 1. The first kappa shape index (κ1) is 19.8. The number of hydrogen-bond donors (Lipinski definition) is 2. The van der Waals surface area contributed by atoms with Crippen LogP contribution in [0.2, 0.25) is 5.02 Å². The van der Waals surface area contributed by atoms with Gasteiger partial charge in [0.1, 0.15) is 11.6 Å². The van der Waals surface area contributed by atoms with E-state index >= 15 is 0 Å². The van der Waals surface area contributed by atoms with Gasteiger partial charge in [-0.05, 0) is 49.1 Å². The fourth-order valence-electron chi connectivity index (χ4n) is 3.94. The van der Waals surface area contributed by atoms with Crippen molar-refractivity contribution in [2.24, 2.45) is 4.99 Å². The average molecular weight is 414 g/mol. The molecule has 4 heterocycles. The van der Waals surface area contributed by atoms with Crippen molar-refractivity contribution in [3.8, 4) is 0 Å². The number of rotatable bonds is 5. The van der Waals surface area contributed by atoms with Gasteiger partial charge in [-0.15, -0.1) is 0 Å². The van der Waals surface area contributed by atoms with Crippen LogP contribution in [-0.4, -0.2) is 55.2 Å². The second-order valence-electron chi connectivity index (χ2n) is 7.53. The number of anilines is 2. The third kappa shape index (κ3) is 4.90. The highest BCUT2D eigenvalue weighted by Crippen LogP contribution is 2.25. The molecule has 0 bridgehead atoms. The molecule has 2 aromatic heterocycles. The quantitative estimate of drug-likeness (QED) is 0.580. The number of nitrogens with zero attached hydrogens (tertiary/aromatic N) is 5. The van der Waals surface area contributed by atoms with Gasteiger partial charge in [-0.25, -0.2) is 9.97 Å². The first-order valence-electron chi connectivity index (χ1n) is 10.3. The molecule has 2 aliphatic heterocycles. The van der Waals surface area contributed by atoms with E-state index in [0.717, 1.165) is 50.2 Å². The summed E-state index contributed by atoms with van der Waals surface area (Å²) in [6.45, 7) is 4.70. The number of halogens is 1. The maximum Gasteiger partial charge on any atom is 0.191 e. The van der Waals surface area contributed by atoms with Crippen molar-refractivity contribution in [3.05, 3.63) is 47.2 Å². The third-order valence-corrected chi connectivity index (χ3v) is 5.79.